The number of carbonyl (C=O) groups is 1. The van der Waals surface area contributed by atoms with Crippen LogP contribution in [0.4, 0.5) is 26.3 Å². The molecule has 10 heteroatoms. The Morgan fingerprint density at radius 1 is 1.03 bits per heavy atom. The first-order valence-electron chi connectivity index (χ1n) is 7.92. The molecule has 0 N–H and O–H groups in total. The van der Waals surface area contributed by atoms with Crippen molar-refractivity contribution in [1.82, 2.24) is 0 Å². The second-order valence-electron chi connectivity index (χ2n) is 5.48. The van der Waals surface area contributed by atoms with Crippen molar-refractivity contribution in [1.29, 1.82) is 0 Å². The number of ketones is 1. The van der Waals surface area contributed by atoms with Crippen molar-refractivity contribution < 1.29 is 45.3 Å². The molecule has 4 nitrogen and oxygen atoms in total. The van der Waals surface area contributed by atoms with E-state index in [4.69, 9.17) is 4.74 Å². The maximum Gasteiger partial charge on any atom is 0.461 e. The van der Waals surface area contributed by atoms with Crippen molar-refractivity contribution in [2.24, 2.45) is 0 Å². The van der Waals surface area contributed by atoms with Gasteiger partial charge in [0.25, 0.3) is 0 Å². The van der Waals surface area contributed by atoms with Crippen molar-refractivity contribution in [3.05, 3.63) is 59.7 Å². The van der Waals surface area contributed by atoms with Gasteiger partial charge in [-0.25, -0.2) is 0 Å². The summed E-state index contributed by atoms with van der Waals surface area (Å²) in [7, 11) is 1.21. The Labute approximate surface area is 161 Å². The maximum atomic E-state index is 13.0. The number of hydrogen-bond acceptors (Lipinski definition) is 4. The molecule has 0 aliphatic rings. The first-order valence-corrected chi connectivity index (χ1v) is 7.92. The minimum Gasteiger partial charge on any atom is -0.493 e. The molecule has 0 bridgehead atoms. The molecule has 0 saturated heterocycles. The Bertz CT molecular complexity index is 883. The normalized spacial score (nSPS) is 11.9. The van der Waals surface area contributed by atoms with Crippen molar-refractivity contribution >= 4 is 11.9 Å². The van der Waals surface area contributed by atoms with E-state index >= 15 is 0 Å². The number of carbonyl (C=O) groups excluding carboxylic acids is 1. The Balaban J connectivity index is 2.16. The van der Waals surface area contributed by atoms with Crippen LogP contribution < -0.4 is 14.2 Å². The first kappa shape index (κ1) is 22.1. The number of halogens is 6. The second kappa shape index (κ2) is 9.35. The SMILES string of the molecule is COc1cc(C(=O)/C=C/c2cccc(OC(F)(F)C(F)F)c2)ccc1OC(F)F. The predicted molar refractivity (Wildman–Crippen MR) is 91.0 cm³/mol. The lowest BCUT2D eigenvalue weighted by atomic mass is 10.1. The van der Waals surface area contributed by atoms with Gasteiger partial charge in [-0.15, -0.1) is 0 Å². The highest BCUT2D eigenvalue weighted by molar-refractivity contribution is 6.07. The highest BCUT2D eigenvalue weighted by Crippen LogP contribution is 2.30. The molecule has 0 spiro atoms. The third-order valence-electron chi connectivity index (χ3n) is 3.46. The van der Waals surface area contributed by atoms with E-state index in [1.165, 1.54) is 37.5 Å². The molecule has 0 aliphatic carbocycles. The van der Waals surface area contributed by atoms with Crippen molar-refractivity contribution in [2.45, 2.75) is 19.1 Å². The van der Waals surface area contributed by atoms with E-state index in [1.807, 2.05) is 0 Å². The van der Waals surface area contributed by atoms with Gasteiger partial charge < -0.3 is 14.2 Å². The van der Waals surface area contributed by atoms with Gasteiger partial charge in [-0.05, 0) is 42.0 Å². The van der Waals surface area contributed by atoms with E-state index < -0.39 is 30.7 Å². The molecule has 29 heavy (non-hydrogen) atoms. The molecular formula is C19H14F6O4. The monoisotopic (exact) mass is 420 g/mol. The quantitative estimate of drug-likeness (QED) is 0.308. The van der Waals surface area contributed by atoms with Crippen molar-refractivity contribution in [2.75, 3.05) is 7.11 Å². The third kappa shape index (κ3) is 6.16. The summed E-state index contributed by atoms with van der Waals surface area (Å²) in [4.78, 5) is 12.2. The molecule has 2 rings (SSSR count). The summed E-state index contributed by atoms with van der Waals surface area (Å²) in [6, 6.07) is 8.36. The van der Waals surface area contributed by atoms with Crippen LogP contribution in [0.1, 0.15) is 15.9 Å². The fraction of sp³-hybridized carbons (Fsp3) is 0.211. The zero-order chi connectivity index (χ0) is 21.6. The van der Waals surface area contributed by atoms with Crippen LogP contribution in [-0.4, -0.2) is 32.0 Å². The summed E-state index contributed by atoms with van der Waals surface area (Å²) in [5, 5.41) is 0. The average molecular weight is 420 g/mol. The molecule has 0 unspecified atom stereocenters. The molecule has 0 amide bonds. The third-order valence-corrected chi connectivity index (χ3v) is 3.46. The standard InChI is InChI=1S/C19H14F6O4/c1-27-16-10-12(6-8-15(16)28-18(22)23)14(26)7-5-11-3-2-4-13(9-11)29-19(24,25)17(20)21/h2-10,17-18H,1H3/b7-5+. The number of allylic oxidation sites excluding steroid dienone is 1. The molecule has 0 fully saturated rings. The summed E-state index contributed by atoms with van der Waals surface area (Å²) < 4.78 is 88.1. The van der Waals surface area contributed by atoms with Gasteiger partial charge in [-0.1, -0.05) is 18.2 Å². The molecule has 2 aromatic rings. The molecule has 0 atom stereocenters. The Kier molecular flexibility index (Phi) is 7.13. The van der Waals surface area contributed by atoms with Crippen LogP contribution in [0.25, 0.3) is 6.08 Å². The van der Waals surface area contributed by atoms with Gasteiger partial charge in [0.05, 0.1) is 7.11 Å². The van der Waals surface area contributed by atoms with Gasteiger partial charge in [0.15, 0.2) is 17.3 Å². The molecule has 0 radical (unpaired) electrons. The van der Waals surface area contributed by atoms with Crippen molar-refractivity contribution in [3.63, 3.8) is 0 Å². The van der Waals surface area contributed by atoms with Crippen LogP contribution in [0.15, 0.2) is 48.5 Å². The summed E-state index contributed by atoms with van der Waals surface area (Å²) in [6.07, 6.45) is -6.34. The topological polar surface area (TPSA) is 44.8 Å². The fourth-order valence-corrected chi connectivity index (χ4v) is 2.17. The van der Waals surface area contributed by atoms with Gasteiger partial charge in [0, 0.05) is 5.56 Å². The van der Waals surface area contributed by atoms with Crippen LogP contribution in [0, 0.1) is 0 Å². The van der Waals surface area contributed by atoms with Gasteiger partial charge >= 0.3 is 19.1 Å². The smallest absolute Gasteiger partial charge is 0.461 e. The average Bonchev–Trinajstić information content (AvgIpc) is 2.65. The maximum absolute atomic E-state index is 13.0. The summed E-state index contributed by atoms with van der Waals surface area (Å²) >= 11 is 0. The lowest BCUT2D eigenvalue weighted by Crippen LogP contribution is -2.33. The number of benzene rings is 2. The molecule has 0 aromatic heterocycles. The van der Waals surface area contributed by atoms with Crippen LogP contribution in [0.2, 0.25) is 0 Å². The van der Waals surface area contributed by atoms with E-state index in [0.29, 0.717) is 0 Å². The lowest BCUT2D eigenvalue weighted by molar-refractivity contribution is -0.253. The molecular weight excluding hydrogens is 406 g/mol. The van der Waals surface area contributed by atoms with E-state index in [-0.39, 0.29) is 22.6 Å². The largest absolute Gasteiger partial charge is 0.493 e. The number of alkyl halides is 6. The lowest BCUT2D eigenvalue weighted by Gasteiger charge is -2.16. The van der Waals surface area contributed by atoms with E-state index in [9.17, 15) is 31.1 Å². The van der Waals surface area contributed by atoms with E-state index in [2.05, 4.69) is 9.47 Å². The van der Waals surface area contributed by atoms with E-state index in [0.717, 1.165) is 24.3 Å². The first-order chi connectivity index (χ1) is 13.6. The summed E-state index contributed by atoms with van der Waals surface area (Å²) in [6.45, 7) is -3.07. The van der Waals surface area contributed by atoms with Crippen LogP contribution >= 0.6 is 0 Å². The summed E-state index contributed by atoms with van der Waals surface area (Å²) in [5.41, 5.74) is 0.307. The van der Waals surface area contributed by atoms with E-state index in [1.54, 1.807) is 0 Å². The zero-order valence-electron chi connectivity index (χ0n) is 14.8. The number of methoxy groups -OCH3 is 1. The minimum atomic E-state index is -4.66. The molecule has 156 valence electrons. The highest BCUT2D eigenvalue weighted by Gasteiger charge is 2.43. The van der Waals surface area contributed by atoms with Crippen LogP contribution in [-0.2, 0) is 0 Å². The van der Waals surface area contributed by atoms with Gasteiger partial charge in [0.2, 0.25) is 0 Å². The van der Waals surface area contributed by atoms with Crippen molar-refractivity contribution in [3.8, 4) is 17.2 Å². The number of hydrogen-bond donors (Lipinski definition) is 0. The predicted octanol–water partition coefficient (Wildman–Crippen LogP) is 5.43. The Morgan fingerprint density at radius 3 is 2.38 bits per heavy atom. The Morgan fingerprint density at radius 2 is 1.76 bits per heavy atom. The molecule has 2 aromatic carbocycles. The molecule has 0 saturated carbocycles. The van der Waals surface area contributed by atoms with Crippen LogP contribution in [0.3, 0.4) is 0 Å². The number of ether oxygens (including phenoxy) is 3. The molecule has 0 heterocycles. The number of rotatable bonds is 9. The zero-order valence-corrected chi connectivity index (χ0v) is 14.8. The van der Waals surface area contributed by atoms with Crippen LogP contribution in [0.5, 0.6) is 17.2 Å². The van der Waals surface area contributed by atoms with Gasteiger partial charge in [0.1, 0.15) is 5.75 Å². The van der Waals surface area contributed by atoms with Gasteiger partial charge in [-0.2, -0.15) is 26.3 Å². The second-order valence-corrected chi connectivity index (χ2v) is 5.48. The Hall–Kier alpha value is -3.17. The minimum absolute atomic E-state index is 0.0800. The fourth-order valence-electron chi connectivity index (χ4n) is 2.17. The van der Waals surface area contributed by atoms with Gasteiger partial charge in [-0.3, -0.25) is 4.79 Å². The highest BCUT2D eigenvalue weighted by atomic mass is 19.3. The summed E-state index contributed by atoms with van der Waals surface area (Å²) in [5.74, 6) is -1.42. The molecule has 0 aliphatic heterocycles.